The molecule has 1 amide bonds. The Kier molecular flexibility index (Phi) is 6.10. The molecule has 0 bridgehead atoms. The second-order valence-corrected chi connectivity index (χ2v) is 5.14. The number of hydrogen-bond acceptors (Lipinski definition) is 3. The van der Waals surface area contributed by atoms with E-state index in [-0.39, 0.29) is 12.5 Å². The summed E-state index contributed by atoms with van der Waals surface area (Å²) in [6.45, 7) is 2.79. The minimum atomic E-state index is -0.191. The topological polar surface area (TPSA) is 47.6 Å². The van der Waals surface area contributed by atoms with Crippen LogP contribution in [0.1, 0.15) is 5.56 Å². The van der Waals surface area contributed by atoms with Crippen molar-refractivity contribution in [1.82, 2.24) is 5.32 Å². The Morgan fingerprint density at radius 3 is 2.55 bits per heavy atom. The van der Waals surface area contributed by atoms with Crippen molar-refractivity contribution in [3.05, 3.63) is 59.1 Å². The molecule has 0 spiro atoms. The molecule has 0 aliphatic carbocycles. The summed E-state index contributed by atoms with van der Waals surface area (Å²) >= 11 is 5.77. The molecule has 0 aliphatic rings. The van der Waals surface area contributed by atoms with Crippen LogP contribution in [0, 0.1) is 6.92 Å². The van der Waals surface area contributed by atoms with E-state index in [0.29, 0.717) is 23.9 Å². The molecule has 5 heteroatoms. The molecule has 0 radical (unpaired) electrons. The van der Waals surface area contributed by atoms with Crippen LogP contribution in [0.4, 0.5) is 0 Å². The molecule has 0 saturated carbocycles. The highest BCUT2D eigenvalue weighted by molar-refractivity contribution is 6.30. The van der Waals surface area contributed by atoms with E-state index in [2.05, 4.69) is 5.32 Å². The minimum Gasteiger partial charge on any atom is -0.491 e. The fourth-order valence-corrected chi connectivity index (χ4v) is 1.93. The Morgan fingerprint density at radius 1 is 1.09 bits per heavy atom. The number of carbonyl (C=O) groups is 1. The summed E-state index contributed by atoms with van der Waals surface area (Å²) in [5, 5.41) is 3.37. The fraction of sp³-hybridized carbons (Fsp3) is 0.235. The summed E-state index contributed by atoms with van der Waals surface area (Å²) in [6, 6.07) is 14.6. The molecule has 116 valence electrons. The number of aryl methyl sites for hydroxylation is 1. The van der Waals surface area contributed by atoms with Gasteiger partial charge in [-0.1, -0.05) is 29.8 Å². The van der Waals surface area contributed by atoms with Gasteiger partial charge >= 0.3 is 0 Å². The number of hydrogen-bond donors (Lipinski definition) is 1. The lowest BCUT2D eigenvalue weighted by molar-refractivity contribution is -0.123. The lowest BCUT2D eigenvalue weighted by Crippen LogP contribution is -2.32. The van der Waals surface area contributed by atoms with Gasteiger partial charge < -0.3 is 14.8 Å². The van der Waals surface area contributed by atoms with Gasteiger partial charge in [-0.15, -0.1) is 0 Å². The Labute approximate surface area is 135 Å². The van der Waals surface area contributed by atoms with E-state index in [9.17, 15) is 4.79 Å². The summed E-state index contributed by atoms with van der Waals surface area (Å²) < 4.78 is 10.9. The third kappa shape index (κ3) is 5.30. The van der Waals surface area contributed by atoms with Crippen LogP contribution in [0.25, 0.3) is 0 Å². The molecule has 0 unspecified atom stereocenters. The summed E-state index contributed by atoms with van der Waals surface area (Å²) in [6.07, 6.45) is 0. The van der Waals surface area contributed by atoms with Crippen LogP contribution >= 0.6 is 11.6 Å². The van der Waals surface area contributed by atoms with Crippen molar-refractivity contribution in [3.8, 4) is 11.5 Å². The maximum atomic E-state index is 11.6. The van der Waals surface area contributed by atoms with Crippen molar-refractivity contribution in [2.75, 3.05) is 19.8 Å². The number of nitrogens with one attached hydrogen (secondary N) is 1. The van der Waals surface area contributed by atoms with Crippen molar-refractivity contribution in [2.24, 2.45) is 0 Å². The van der Waals surface area contributed by atoms with Gasteiger partial charge in [0.15, 0.2) is 6.61 Å². The minimum absolute atomic E-state index is 0.0357. The van der Waals surface area contributed by atoms with Crippen LogP contribution < -0.4 is 14.8 Å². The molecule has 0 fully saturated rings. The maximum Gasteiger partial charge on any atom is 0.258 e. The maximum absolute atomic E-state index is 11.6. The van der Waals surface area contributed by atoms with Crippen LogP contribution in [0.15, 0.2) is 48.5 Å². The first-order valence-corrected chi connectivity index (χ1v) is 7.36. The Bertz CT molecular complexity index is 614. The second-order valence-electron chi connectivity index (χ2n) is 4.71. The smallest absolute Gasteiger partial charge is 0.258 e. The van der Waals surface area contributed by atoms with Gasteiger partial charge in [0.05, 0.1) is 6.54 Å². The molecule has 2 aromatic carbocycles. The zero-order valence-electron chi connectivity index (χ0n) is 12.3. The summed E-state index contributed by atoms with van der Waals surface area (Å²) in [5.74, 6) is 1.24. The van der Waals surface area contributed by atoms with Gasteiger partial charge in [0.1, 0.15) is 18.1 Å². The Balaban J connectivity index is 1.64. The van der Waals surface area contributed by atoms with Crippen molar-refractivity contribution in [3.63, 3.8) is 0 Å². The average Bonchev–Trinajstić information content (AvgIpc) is 2.52. The van der Waals surface area contributed by atoms with Crippen LogP contribution in [0.2, 0.25) is 5.02 Å². The number of halogens is 1. The van der Waals surface area contributed by atoms with E-state index in [1.165, 1.54) is 0 Å². The first-order valence-electron chi connectivity index (χ1n) is 6.98. The average molecular weight is 320 g/mol. The van der Waals surface area contributed by atoms with Crippen molar-refractivity contribution >= 4 is 17.5 Å². The molecule has 0 saturated heterocycles. The van der Waals surface area contributed by atoms with E-state index in [0.717, 1.165) is 11.3 Å². The first kappa shape index (κ1) is 16.2. The number of carbonyl (C=O) groups excluding carboxylic acids is 1. The molecule has 22 heavy (non-hydrogen) atoms. The van der Waals surface area contributed by atoms with E-state index in [4.69, 9.17) is 21.1 Å². The first-order chi connectivity index (χ1) is 10.6. The third-order valence-electron chi connectivity index (χ3n) is 2.96. The van der Waals surface area contributed by atoms with Gasteiger partial charge in [0.25, 0.3) is 5.91 Å². The molecule has 0 aromatic heterocycles. The van der Waals surface area contributed by atoms with Crippen molar-refractivity contribution in [1.29, 1.82) is 0 Å². The Morgan fingerprint density at radius 2 is 1.82 bits per heavy atom. The summed E-state index contributed by atoms with van der Waals surface area (Å²) in [5.41, 5.74) is 1.07. The molecule has 0 aliphatic heterocycles. The monoisotopic (exact) mass is 319 g/mol. The van der Waals surface area contributed by atoms with Gasteiger partial charge in [0.2, 0.25) is 0 Å². The predicted octanol–water partition coefficient (Wildman–Crippen LogP) is 3.22. The number of rotatable bonds is 7. The van der Waals surface area contributed by atoms with Crippen LogP contribution in [0.3, 0.4) is 0 Å². The zero-order chi connectivity index (χ0) is 15.8. The molecule has 4 nitrogen and oxygen atoms in total. The summed E-state index contributed by atoms with van der Waals surface area (Å²) in [4.78, 5) is 11.6. The molecule has 1 N–H and O–H groups in total. The molecular formula is C17H18ClNO3. The SMILES string of the molecule is Cc1ccccc1OCCNC(=O)COc1ccc(Cl)cc1. The van der Waals surface area contributed by atoms with Gasteiger partial charge in [-0.3, -0.25) is 4.79 Å². The second kappa shape index (κ2) is 8.29. The highest BCUT2D eigenvalue weighted by atomic mass is 35.5. The van der Waals surface area contributed by atoms with E-state index in [1.807, 2.05) is 31.2 Å². The lowest BCUT2D eigenvalue weighted by atomic mass is 10.2. The standard InChI is InChI=1S/C17H18ClNO3/c1-13-4-2-3-5-16(13)21-11-10-19-17(20)12-22-15-8-6-14(18)7-9-15/h2-9H,10-12H2,1H3,(H,19,20). The highest BCUT2D eigenvalue weighted by Crippen LogP contribution is 2.16. The van der Waals surface area contributed by atoms with Gasteiger partial charge in [-0.05, 0) is 42.8 Å². The predicted molar refractivity (Wildman–Crippen MR) is 86.6 cm³/mol. The number of ether oxygens (including phenoxy) is 2. The van der Waals surface area contributed by atoms with Crippen molar-refractivity contribution in [2.45, 2.75) is 6.92 Å². The van der Waals surface area contributed by atoms with Crippen LogP contribution in [-0.4, -0.2) is 25.7 Å². The normalized spacial score (nSPS) is 10.1. The van der Waals surface area contributed by atoms with Gasteiger partial charge in [-0.25, -0.2) is 0 Å². The molecule has 0 atom stereocenters. The van der Waals surface area contributed by atoms with Gasteiger partial charge in [-0.2, -0.15) is 0 Å². The van der Waals surface area contributed by atoms with Crippen LogP contribution in [0.5, 0.6) is 11.5 Å². The highest BCUT2D eigenvalue weighted by Gasteiger charge is 2.03. The lowest BCUT2D eigenvalue weighted by Gasteiger charge is -2.10. The van der Waals surface area contributed by atoms with Crippen molar-refractivity contribution < 1.29 is 14.3 Å². The number of para-hydroxylation sites is 1. The zero-order valence-corrected chi connectivity index (χ0v) is 13.1. The summed E-state index contributed by atoms with van der Waals surface area (Å²) in [7, 11) is 0. The molecule has 0 heterocycles. The number of benzene rings is 2. The fourth-order valence-electron chi connectivity index (χ4n) is 1.80. The molecular weight excluding hydrogens is 302 g/mol. The van der Waals surface area contributed by atoms with Gasteiger partial charge in [0, 0.05) is 5.02 Å². The van der Waals surface area contributed by atoms with E-state index >= 15 is 0 Å². The third-order valence-corrected chi connectivity index (χ3v) is 3.21. The van der Waals surface area contributed by atoms with E-state index in [1.54, 1.807) is 24.3 Å². The molecule has 2 rings (SSSR count). The Hall–Kier alpha value is -2.20. The molecule has 2 aromatic rings. The van der Waals surface area contributed by atoms with E-state index < -0.39 is 0 Å². The largest absolute Gasteiger partial charge is 0.491 e. The van der Waals surface area contributed by atoms with Crippen LogP contribution in [-0.2, 0) is 4.79 Å². The number of amides is 1. The quantitative estimate of drug-likeness (QED) is 0.797.